The summed E-state index contributed by atoms with van der Waals surface area (Å²) in [5.74, 6) is 0. The molecule has 0 aliphatic heterocycles. The maximum absolute atomic E-state index is 5.29. The Balaban J connectivity index is 3.54. The van der Waals surface area contributed by atoms with E-state index in [0.29, 0.717) is 0 Å². The van der Waals surface area contributed by atoms with E-state index in [4.69, 9.17) is 34.8 Å². The van der Waals surface area contributed by atoms with Gasteiger partial charge in [-0.05, 0) is 0 Å². The molecule has 7 heavy (non-hydrogen) atoms. The van der Waals surface area contributed by atoms with Crippen LogP contribution < -0.4 is 0 Å². The van der Waals surface area contributed by atoms with Crippen LogP contribution in [0.5, 0.6) is 0 Å². The van der Waals surface area contributed by atoms with Crippen molar-refractivity contribution in [3.8, 4) is 0 Å². The third-order valence-corrected chi connectivity index (χ3v) is 2.58. The Kier molecular flexibility index (Phi) is 3.58. The first-order valence-corrected chi connectivity index (χ1v) is 3.52. The second-order valence-corrected chi connectivity index (χ2v) is 4.80. The first-order valence-electron chi connectivity index (χ1n) is 1.37. The zero-order valence-corrected chi connectivity index (χ0v) is 7.16. The fourth-order valence-electron chi connectivity index (χ4n) is 0. The number of hydrogen-bond acceptors (Lipinski definition) is 2. The Morgan fingerprint density at radius 3 is 1.57 bits per heavy atom. The zero-order valence-electron chi connectivity index (χ0n) is 3.11. The van der Waals surface area contributed by atoms with E-state index in [1.807, 2.05) is 0 Å². The maximum atomic E-state index is 5.29. The van der Waals surface area contributed by atoms with E-state index in [2.05, 4.69) is 25.3 Å². The van der Waals surface area contributed by atoms with Crippen LogP contribution in [0.2, 0.25) is 0 Å². The van der Waals surface area contributed by atoms with Crippen LogP contribution in [0.3, 0.4) is 0 Å². The monoisotopic (exact) mass is 196 g/mol. The molecule has 0 saturated heterocycles. The lowest BCUT2D eigenvalue weighted by atomic mass is 10.9. The molecule has 1 atom stereocenters. The average Bonchev–Trinajstić information content (AvgIpc) is 1.31. The first kappa shape index (κ1) is 8.57. The summed E-state index contributed by atoms with van der Waals surface area (Å²) in [4.78, 5) is 0. The minimum absolute atomic E-state index is 0.640. The Labute approximate surface area is 68.3 Å². The molecule has 0 spiro atoms. The van der Waals surface area contributed by atoms with Gasteiger partial charge in [-0.2, -0.15) is 12.6 Å². The number of alkyl halides is 3. The Morgan fingerprint density at radius 1 is 1.43 bits per heavy atom. The number of rotatable bonds is 1. The van der Waals surface area contributed by atoms with Gasteiger partial charge in [0.25, 0.3) is 0 Å². The molecular weight excluding hydrogens is 195 g/mol. The van der Waals surface area contributed by atoms with Crippen LogP contribution in [-0.2, 0) is 0 Å². The topological polar surface area (TPSA) is 0 Å². The Hall–Kier alpha value is 1.57. The van der Waals surface area contributed by atoms with Crippen LogP contribution in [0, 0.1) is 0 Å². The second kappa shape index (κ2) is 2.92. The lowest BCUT2D eigenvalue weighted by Gasteiger charge is -2.12. The normalized spacial score (nSPS) is 16.7. The standard InChI is InChI=1S/C2H3Cl3S2/c3-1(6)2(4,5)7/h1,6-7H. The van der Waals surface area contributed by atoms with E-state index < -0.39 is 8.37 Å². The minimum Gasteiger partial charge on any atom is -0.156 e. The van der Waals surface area contributed by atoms with E-state index in [0.717, 1.165) is 0 Å². The summed E-state index contributed by atoms with van der Waals surface area (Å²) in [6.07, 6.45) is 0. The fraction of sp³-hybridized carbons (Fsp3) is 1.00. The molecule has 5 heteroatoms. The van der Waals surface area contributed by atoms with Gasteiger partial charge in [-0.15, -0.1) is 24.2 Å². The lowest BCUT2D eigenvalue weighted by molar-refractivity contribution is 1.24. The molecule has 0 bridgehead atoms. The van der Waals surface area contributed by atoms with Crippen LogP contribution in [0.1, 0.15) is 0 Å². The van der Waals surface area contributed by atoms with Crippen LogP contribution in [-0.4, -0.2) is 8.37 Å². The third kappa shape index (κ3) is 4.10. The smallest absolute Gasteiger partial charge is 0.156 e. The molecule has 0 amide bonds. The molecule has 0 saturated carbocycles. The van der Waals surface area contributed by atoms with Crippen molar-refractivity contribution < 1.29 is 0 Å². The van der Waals surface area contributed by atoms with E-state index >= 15 is 0 Å². The third-order valence-electron chi connectivity index (χ3n) is 0.287. The summed E-state index contributed by atoms with van der Waals surface area (Å²) < 4.78 is -1.87. The summed E-state index contributed by atoms with van der Waals surface area (Å²) in [5, 5.41) is 0. The molecule has 0 aliphatic carbocycles. The molecule has 44 valence electrons. The largest absolute Gasteiger partial charge is 0.185 e. The van der Waals surface area contributed by atoms with Crippen LogP contribution in [0.4, 0.5) is 0 Å². The van der Waals surface area contributed by atoms with E-state index in [9.17, 15) is 0 Å². The van der Waals surface area contributed by atoms with Gasteiger partial charge in [-0.25, -0.2) is 0 Å². The molecule has 0 N–H and O–H groups in total. The summed E-state index contributed by atoms with van der Waals surface area (Å²) in [7, 11) is 0. The summed E-state index contributed by atoms with van der Waals surface area (Å²) in [6, 6.07) is 0. The fourth-order valence-corrected chi connectivity index (χ4v) is 0. The van der Waals surface area contributed by atoms with Gasteiger partial charge < -0.3 is 0 Å². The summed E-state index contributed by atoms with van der Waals surface area (Å²) in [5.41, 5.74) is 0. The lowest BCUT2D eigenvalue weighted by Crippen LogP contribution is -2.12. The zero-order chi connectivity index (χ0) is 6.08. The maximum Gasteiger partial charge on any atom is 0.185 e. The quantitative estimate of drug-likeness (QED) is 0.468. The van der Waals surface area contributed by atoms with Crippen molar-refractivity contribution in [1.29, 1.82) is 0 Å². The molecule has 0 aromatic carbocycles. The van der Waals surface area contributed by atoms with Gasteiger partial charge in [0.05, 0.1) is 0 Å². The molecule has 0 heterocycles. The molecule has 0 radical (unpaired) electrons. The Morgan fingerprint density at radius 2 is 1.57 bits per heavy atom. The van der Waals surface area contributed by atoms with Crippen molar-refractivity contribution in [2.75, 3.05) is 0 Å². The Bertz CT molecular complexity index is 56.4. The van der Waals surface area contributed by atoms with E-state index in [1.54, 1.807) is 0 Å². The van der Waals surface area contributed by atoms with Gasteiger partial charge in [-0.3, -0.25) is 0 Å². The van der Waals surface area contributed by atoms with Gasteiger partial charge >= 0.3 is 0 Å². The van der Waals surface area contributed by atoms with Crippen LogP contribution >= 0.6 is 60.1 Å². The highest BCUT2D eigenvalue weighted by Crippen LogP contribution is 2.34. The van der Waals surface area contributed by atoms with Crippen LogP contribution in [0.15, 0.2) is 0 Å². The highest BCUT2D eigenvalue weighted by atomic mass is 35.5. The molecule has 0 nitrogen and oxygen atoms in total. The van der Waals surface area contributed by atoms with E-state index in [1.165, 1.54) is 0 Å². The predicted molar refractivity (Wildman–Crippen MR) is 42.1 cm³/mol. The highest BCUT2D eigenvalue weighted by molar-refractivity contribution is 7.89. The molecule has 0 aromatic rings. The van der Waals surface area contributed by atoms with Gasteiger partial charge in [0.1, 0.15) is 4.71 Å². The number of hydrogen-bond donors (Lipinski definition) is 2. The molecular formula is C2H3Cl3S2. The average molecular weight is 198 g/mol. The molecule has 0 aliphatic rings. The predicted octanol–water partition coefficient (Wildman–Crippen LogP) is 2.54. The SMILES string of the molecule is SC(Cl)C(S)(Cl)Cl. The summed E-state index contributed by atoms with van der Waals surface area (Å²) >= 11 is 23.2. The van der Waals surface area contributed by atoms with Crippen molar-refractivity contribution in [2.45, 2.75) is 8.37 Å². The summed E-state index contributed by atoms with van der Waals surface area (Å²) in [6.45, 7) is 0. The van der Waals surface area contributed by atoms with Gasteiger partial charge in [0.2, 0.25) is 0 Å². The molecule has 1 unspecified atom stereocenters. The number of halogens is 3. The number of thiol groups is 2. The minimum atomic E-state index is -1.23. The van der Waals surface area contributed by atoms with Crippen molar-refractivity contribution in [1.82, 2.24) is 0 Å². The van der Waals surface area contributed by atoms with Gasteiger partial charge in [0, 0.05) is 0 Å². The first-order chi connectivity index (χ1) is 2.94. The second-order valence-electron chi connectivity index (χ2n) is 0.924. The highest BCUT2D eigenvalue weighted by Gasteiger charge is 2.25. The van der Waals surface area contributed by atoms with Gasteiger partial charge in [-0.1, -0.05) is 23.2 Å². The van der Waals surface area contributed by atoms with Gasteiger partial charge in [0.15, 0.2) is 3.67 Å². The van der Waals surface area contributed by atoms with Crippen molar-refractivity contribution in [2.24, 2.45) is 0 Å². The van der Waals surface area contributed by atoms with Crippen molar-refractivity contribution >= 4 is 60.1 Å². The molecule has 0 rings (SSSR count). The van der Waals surface area contributed by atoms with Crippen molar-refractivity contribution in [3.63, 3.8) is 0 Å². The van der Waals surface area contributed by atoms with Crippen molar-refractivity contribution in [3.05, 3.63) is 0 Å². The van der Waals surface area contributed by atoms with E-state index in [-0.39, 0.29) is 0 Å². The molecule has 0 aromatic heterocycles. The molecule has 0 fully saturated rings. The van der Waals surface area contributed by atoms with Crippen LogP contribution in [0.25, 0.3) is 0 Å².